The van der Waals surface area contributed by atoms with Crippen molar-refractivity contribution in [3.63, 3.8) is 0 Å². The molecular formula is C59H44N2. The third-order valence-corrected chi connectivity index (χ3v) is 12.3. The molecule has 9 aromatic carbocycles. The normalized spacial score (nSPS) is 13.6. The highest BCUT2D eigenvalue weighted by atomic mass is 15.1. The third-order valence-electron chi connectivity index (χ3n) is 12.3. The molecule has 0 radical (unpaired) electrons. The van der Waals surface area contributed by atoms with Crippen molar-refractivity contribution in [2.24, 2.45) is 0 Å². The molecule has 11 rings (SSSR count). The molecule has 1 aromatic heterocycles. The minimum absolute atomic E-state index is 0.191. The number of hydrogen-bond acceptors (Lipinski definition) is 1. The van der Waals surface area contributed by atoms with Crippen molar-refractivity contribution in [3.05, 3.63) is 241 Å². The fourth-order valence-corrected chi connectivity index (χ4v) is 9.47. The summed E-state index contributed by atoms with van der Waals surface area (Å²) < 4.78 is 21.2. The van der Waals surface area contributed by atoms with E-state index in [4.69, 9.17) is 0 Å². The number of para-hydroxylation sites is 3. The number of nitrogens with zero attached hydrogens (tertiary/aromatic N) is 2. The highest BCUT2D eigenvalue weighted by Gasteiger charge is 2.38. The monoisotopic (exact) mass is 782 g/mol. The van der Waals surface area contributed by atoms with Crippen LogP contribution in [0.1, 0.15) is 38.8 Å². The number of aromatic nitrogens is 1. The summed E-state index contributed by atoms with van der Waals surface area (Å²) in [5, 5.41) is 2.43. The van der Waals surface area contributed by atoms with Crippen molar-refractivity contribution in [1.82, 2.24) is 4.57 Å². The van der Waals surface area contributed by atoms with Gasteiger partial charge in [-0.3, -0.25) is 0 Å². The maximum atomic E-state index is 9.43. The van der Waals surface area contributed by atoms with Gasteiger partial charge in [0.25, 0.3) is 0 Å². The van der Waals surface area contributed by atoms with Gasteiger partial charge in [0.1, 0.15) is 0 Å². The van der Waals surface area contributed by atoms with Crippen molar-refractivity contribution in [2.75, 3.05) is 4.90 Å². The molecule has 1 aliphatic rings. The van der Waals surface area contributed by atoms with E-state index in [2.05, 4.69) is 175 Å². The van der Waals surface area contributed by atoms with Gasteiger partial charge < -0.3 is 9.47 Å². The van der Waals surface area contributed by atoms with E-state index < -0.39 is 5.41 Å². The first kappa shape index (κ1) is 34.2. The molecule has 0 fully saturated rings. The van der Waals surface area contributed by atoms with Gasteiger partial charge in [0.15, 0.2) is 0 Å². The molecule has 0 bridgehead atoms. The van der Waals surface area contributed by atoms with Crippen LogP contribution in [0.25, 0.3) is 73.0 Å². The standard InChI is InChI=1S/C59H44N2/c1-59(2)55-37-42(28-27-41-29-32-49(33-30-41)60(47-21-11-5-12-22-47)48-23-13-6-14-24-48)31-34-51(55)53-35-36-54-52-25-15-16-26-56(52)61(58(54)57(53)59)50-39-45(43-17-7-3-8-18-43)38-46(40-50)44-19-9-4-10-20-44/h3-40H,1-2H3/b28-27+/i27D,28D. The van der Waals surface area contributed by atoms with Crippen LogP contribution < -0.4 is 4.90 Å². The molecule has 0 N–H and O–H groups in total. The van der Waals surface area contributed by atoms with Gasteiger partial charge in [-0.2, -0.15) is 0 Å². The Balaban J connectivity index is 1.02. The van der Waals surface area contributed by atoms with Crippen LogP contribution in [0, 0.1) is 0 Å². The van der Waals surface area contributed by atoms with E-state index in [1.807, 2.05) is 66.7 Å². The molecule has 2 heteroatoms. The second-order valence-electron chi connectivity index (χ2n) is 16.4. The van der Waals surface area contributed by atoms with E-state index in [1.54, 1.807) is 0 Å². The first-order valence-corrected chi connectivity index (χ1v) is 21.0. The molecule has 0 aliphatic heterocycles. The lowest BCUT2D eigenvalue weighted by atomic mass is 9.81. The Morgan fingerprint density at radius 2 is 0.951 bits per heavy atom. The lowest BCUT2D eigenvalue weighted by Crippen LogP contribution is -2.16. The second kappa shape index (κ2) is 14.9. The highest BCUT2D eigenvalue weighted by molar-refractivity contribution is 6.13. The molecule has 2 nitrogen and oxygen atoms in total. The first-order valence-electron chi connectivity index (χ1n) is 22.0. The highest BCUT2D eigenvalue weighted by Crippen LogP contribution is 2.53. The van der Waals surface area contributed by atoms with E-state index in [-0.39, 0.29) is 12.1 Å². The van der Waals surface area contributed by atoms with Gasteiger partial charge in [0, 0.05) is 38.9 Å². The quantitative estimate of drug-likeness (QED) is 0.139. The second-order valence-corrected chi connectivity index (χ2v) is 16.4. The average Bonchev–Trinajstić information content (AvgIpc) is 3.80. The van der Waals surface area contributed by atoms with Crippen LogP contribution in [0.3, 0.4) is 0 Å². The zero-order chi connectivity index (χ0) is 42.7. The SMILES string of the molecule is [2H]/C(=C(/[2H])c1ccc2c(c1)C(C)(C)c1c-2ccc2c3ccccc3n(-c3cc(-c4ccccc4)cc(-c4ccccc4)c3)c12)c1ccc(N(c2ccccc2)c2ccccc2)cc1. The molecule has 0 saturated heterocycles. The van der Waals surface area contributed by atoms with Crippen molar-refractivity contribution < 1.29 is 2.74 Å². The molecule has 1 heterocycles. The number of benzene rings is 9. The summed E-state index contributed by atoms with van der Waals surface area (Å²) in [5.74, 6) is 0. The number of hydrogen-bond donors (Lipinski definition) is 0. The smallest absolute Gasteiger partial charge is 0.0629 e. The molecular weight excluding hydrogens is 737 g/mol. The van der Waals surface area contributed by atoms with Crippen molar-refractivity contribution >= 4 is 51.0 Å². The summed E-state index contributed by atoms with van der Waals surface area (Å²) in [6.45, 7) is 4.63. The largest absolute Gasteiger partial charge is 0.311 e. The summed E-state index contributed by atoms with van der Waals surface area (Å²) in [5.41, 5.74) is 17.1. The lowest BCUT2D eigenvalue weighted by Gasteiger charge is -2.25. The van der Waals surface area contributed by atoms with Crippen molar-refractivity contribution in [2.45, 2.75) is 19.3 Å². The Morgan fingerprint density at radius 1 is 0.443 bits per heavy atom. The number of anilines is 3. The van der Waals surface area contributed by atoms with Gasteiger partial charge in [-0.1, -0.05) is 184 Å². The Labute approximate surface area is 360 Å². The van der Waals surface area contributed by atoms with Crippen LogP contribution >= 0.6 is 0 Å². The Kier molecular flexibility index (Phi) is 8.33. The molecule has 0 atom stereocenters. The van der Waals surface area contributed by atoms with Gasteiger partial charge in [-0.05, 0) is 116 Å². The molecule has 10 aromatic rings. The lowest BCUT2D eigenvalue weighted by molar-refractivity contribution is 0.663. The first-order chi connectivity index (χ1) is 30.8. The predicted molar refractivity (Wildman–Crippen MR) is 259 cm³/mol. The summed E-state index contributed by atoms with van der Waals surface area (Å²) >= 11 is 0. The van der Waals surface area contributed by atoms with Gasteiger partial charge in [-0.25, -0.2) is 0 Å². The van der Waals surface area contributed by atoms with E-state index in [0.29, 0.717) is 5.56 Å². The number of rotatable bonds is 8. The molecule has 0 spiro atoms. The topological polar surface area (TPSA) is 8.17 Å². The fraction of sp³-hybridized carbons (Fsp3) is 0.0508. The summed E-state index contributed by atoms with van der Waals surface area (Å²) in [7, 11) is 0. The van der Waals surface area contributed by atoms with E-state index in [1.165, 1.54) is 44.1 Å². The van der Waals surface area contributed by atoms with Crippen LogP contribution in [-0.4, -0.2) is 4.57 Å². The molecule has 0 amide bonds. The summed E-state index contributed by atoms with van der Waals surface area (Å²) in [6.07, 6.45) is 0. The predicted octanol–water partition coefficient (Wildman–Crippen LogP) is 16.1. The van der Waals surface area contributed by atoms with Crippen LogP contribution in [0.15, 0.2) is 218 Å². The zero-order valence-electron chi connectivity index (χ0n) is 36.2. The summed E-state index contributed by atoms with van der Waals surface area (Å²) in [4.78, 5) is 2.21. The van der Waals surface area contributed by atoms with E-state index in [9.17, 15) is 2.74 Å². The molecule has 1 aliphatic carbocycles. The van der Waals surface area contributed by atoms with E-state index >= 15 is 0 Å². The minimum Gasteiger partial charge on any atom is -0.311 e. The van der Waals surface area contributed by atoms with Crippen LogP contribution in [0.5, 0.6) is 0 Å². The van der Waals surface area contributed by atoms with Gasteiger partial charge in [0.05, 0.1) is 13.8 Å². The average molecular weight is 783 g/mol. The van der Waals surface area contributed by atoms with Gasteiger partial charge >= 0.3 is 0 Å². The number of fused-ring (bicyclic) bond motifs is 7. The zero-order valence-corrected chi connectivity index (χ0v) is 34.2. The van der Waals surface area contributed by atoms with Crippen LogP contribution in [0.2, 0.25) is 0 Å². The summed E-state index contributed by atoms with van der Waals surface area (Å²) in [6, 6.07) is 77.0. The van der Waals surface area contributed by atoms with Gasteiger partial charge in [-0.15, -0.1) is 0 Å². The third kappa shape index (κ3) is 6.36. The van der Waals surface area contributed by atoms with Crippen LogP contribution in [-0.2, 0) is 5.41 Å². The molecule has 0 unspecified atom stereocenters. The van der Waals surface area contributed by atoms with Gasteiger partial charge in [0.2, 0.25) is 0 Å². The van der Waals surface area contributed by atoms with Crippen LogP contribution in [0.4, 0.5) is 17.1 Å². The maximum Gasteiger partial charge on any atom is 0.0629 e. The molecule has 61 heavy (non-hydrogen) atoms. The molecule has 0 saturated carbocycles. The Bertz CT molecular complexity index is 3250. The Morgan fingerprint density at radius 3 is 1.57 bits per heavy atom. The fourth-order valence-electron chi connectivity index (χ4n) is 9.47. The molecule has 290 valence electrons. The van der Waals surface area contributed by atoms with E-state index in [0.717, 1.165) is 50.5 Å². The maximum absolute atomic E-state index is 9.43. The van der Waals surface area contributed by atoms with Crippen molar-refractivity contribution in [1.29, 1.82) is 0 Å². The van der Waals surface area contributed by atoms with Crippen molar-refractivity contribution in [3.8, 4) is 39.1 Å². The Hall–Kier alpha value is -7.68. The minimum atomic E-state index is -0.409.